The smallest absolute Gasteiger partial charge is 0.0522 e. The van der Waals surface area contributed by atoms with Crippen LogP contribution in [0.5, 0.6) is 0 Å². The number of aliphatic hydroxyl groups excluding tert-OH is 1. The van der Waals surface area contributed by atoms with Crippen molar-refractivity contribution in [3.05, 3.63) is 24.3 Å². The summed E-state index contributed by atoms with van der Waals surface area (Å²) >= 11 is 0. The molecule has 50 valence electrons. The zero-order valence-corrected chi connectivity index (χ0v) is 5.67. The minimum Gasteiger partial charge on any atom is -0.395 e. The molecule has 0 aromatic heterocycles. The molecule has 0 amide bonds. The first kappa shape index (κ1) is 6.56. The van der Waals surface area contributed by atoms with Crippen LogP contribution in [0.1, 0.15) is 13.3 Å². The van der Waals surface area contributed by atoms with E-state index < -0.39 is 0 Å². The van der Waals surface area contributed by atoms with Gasteiger partial charge in [-0.1, -0.05) is 31.2 Å². The van der Waals surface area contributed by atoms with E-state index in [1.54, 1.807) is 0 Å². The van der Waals surface area contributed by atoms with E-state index in [-0.39, 0.29) is 12.0 Å². The van der Waals surface area contributed by atoms with Crippen molar-refractivity contribution < 1.29 is 5.11 Å². The highest BCUT2D eigenvalue weighted by Gasteiger charge is 2.18. The van der Waals surface area contributed by atoms with Crippen molar-refractivity contribution in [2.24, 2.45) is 5.41 Å². The molecule has 1 rings (SSSR count). The van der Waals surface area contributed by atoms with E-state index in [0.717, 1.165) is 6.42 Å². The maximum absolute atomic E-state index is 8.87. The molecule has 1 heteroatoms. The molecule has 0 bridgehead atoms. The standard InChI is InChI=1S/C8H12O/c1-8(7-9)5-3-2-4-6-8/h2-5,9H,6-7H2,1H3/t8-/m0/s1. The topological polar surface area (TPSA) is 20.2 Å². The van der Waals surface area contributed by atoms with Gasteiger partial charge in [0.1, 0.15) is 0 Å². The maximum atomic E-state index is 8.87. The summed E-state index contributed by atoms with van der Waals surface area (Å²) in [6.45, 7) is 2.29. The predicted molar refractivity (Wildman–Crippen MR) is 38.1 cm³/mol. The van der Waals surface area contributed by atoms with Crippen molar-refractivity contribution in [1.29, 1.82) is 0 Å². The van der Waals surface area contributed by atoms with Gasteiger partial charge in [0.2, 0.25) is 0 Å². The van der Waals surface area contributed by atoms with Gasteiger partial charge in [-0.15, -0.1) is 0 Å². The highest BCUT2D eigenvalue weighted by atomic mass is 16.3. The molecule has 1 nitrogen and oxygen atoms in total. The average molecular weight is 124 g/mol. The van der Waals surface area contributed by atoms with E-state index in [1.807, 2.05) is 25.2 Å². The molecule has 0 unspecified atom stereocenters. The van der Waals surface area contributed by atoms with Gasteiger partial charge in [0, 0.05) is 5.41 Å². The fourth-order valence-corrected chi connectivity index (χ4v) is 0.889. The van der Waals surface area contributed by atoms with Crippen molar-refractivity contribution in [3.8, 4) is 0 Å². The lowest BCUT2D eigenvalue weighted by Gasteiger charge is -2.22. The lowest BCUT2D eigenvalue weighted by atomic mass is 9.85. The van der Waals surface area contributed by atoms with E-state index >= 15 is 0 Å². The summed E-state index contributed by atoms with van der Waals surface area (Å²) in [5.74, 6) is 0. The van der Waals surface area contributed by atoms with Crippen LogP contribution < -0.4 is 0 Å². The van der Waals surface area contributed by atoms with Crippen molar-refractivity contribution in [2.75, 3.05) is 6.61 Å². The molecule has 1 aliphatic carbocycles. The zero-order valence-electron chi connectivity index (χ0n) is 5.67. The van der Waals surface area contributed by atoms with Crippen LogP contribution in [-0.2, 0) is 0 Å². The molecule has 0 fully saturated rings. The van der Waals surface area contributed by atoms with Crippen LogP contribution in [0.15, 0.2) is 24.3 Å². The normalized spacial score (nSPS) is 33.1. The maximum Gasteiger partial charge on any atom is 0.0522 e. The van der Waals surface area contributed by atoms with Gasteiger partial charge in [0.25, 0.3) is 0 Å². The Morgan fingerprint density at radius 1 is 1.56 bits per heavy atom. The molecule has 1 aliphatic rings. The van der Waals surface area contributed by atoms with Gasteiger partial charge in [-0.25, -0.2) is 0 Å². The summed E-state index contributed by atoms with van der Waals surface area (Å²) in [7, 11) is 0. The fraction of sp³-hybridized carbons (Fsp3) is 0.500. The summed E-state index contributed by atoms with van der Waals surface area (Å²) < 4.78 is 0. The van der Waals surface area contributed by atoms with Crippen LogP contribution in [0.25, 0.3) is 0 Å². The van der Waals surface area contributed by atoms with Crippen LogP contribution in [0.4, 0.5) is 0 Å². The second kappa shape index (κ2) is 2.36. The molecular formula is C8H12O. The van der Waals surface area contributed by atoms with E-state index in [2.05, 4.69) is 6.08 Å². The first-order valence-corrected chi connectivity index (χ1v) is 3.22. The van der Waals surface area contributed by atoms with Crippen molar-refractivity contribution in [3.63, 3.8) is 0 Å². The molecule has 0 radical (unpaired) electrons. The Kier molecular flexibility index (Phi) is 1.72. The minimum absolute atomic E-state index is 0.00868. The van der Waals surface area contributed by atoms with Crippen LogP contribution in [0.2, 0.25) is 0 Å². The van der Waals surface area contributed by atoms with Gasteiger partial charge < -0.3 is 5.11 Å². The van der Waals surface area contributed by atoms with Crippen LogP contribution in [0, 0.1) is 5.41 Å². The number of hydrogen-bond donors (Lipinski definition) is 1. The minimum atomic E-state index is 0.00868. The summed E-state index contributed by atoms with van der Waals surface area (Å²) in [6.07, 6.45) is 9.08. The molecule has 0 aliphatic heterocycles. The second-order valence-electron chi connectivity index (χ2n) is 2.80. The van der Waals surface area contributed by atoms with Crippen molar-refractivity contribution in [1.82, 2.24) is 0 Å². The van der Waals surface area contributed by atoms with Gasteiger partial charge in [-0.05, 0) is 6.42 Å². The highest BCUT2D eigenvalue weighted by molar-refractivity contribution is 5.15. The SMILES string of the molecule is C[C@]1(CO)C=CC=CC1. The van der Waals surface area contributed by atoms with E-state index in [4.69, 9.17) is 5.11 Å². The van der Waals surface area contributed by atoms with Gasteiger partial charge in [0.15, 0.2) is 0 Å². The van der Waals surface area contributed by atoms with Gasteiger partial charge in [-0.3, -0.25) is 0 Å². The average Bonchev–Trinajstić information content (AvgIpc) is 1.90. The number of aliphatic hydroxyl groups is 1. The number of hydrogen-bond acceptors (Lipinski definition) is 1. The summed E-state index contributed by atoms with van der Waals surface area (Å²) in [5, 5.41) is 8.87. The Morgan fingerprint density at radius 3 is 2.67 bits per heavy atom. The fourth-order valence-electron chi connectivity index (χ4n) is 0.889. The van der Waals surface area contributed by atoms with Crippen LogP contribution >= 0.6 is 0 Å². The lowest BCUT2D eigenvalue weighted by molar-refractivity contribution is 0.185. The Bertz CT molecular complexity index is 147. The molecule has 0 saturated heterocycles. The molecule has 0 aromatic carbocycles. The van der Waals surface area contributed by atoms with Gasteiger partial charge >= 0.3 is 0 Å². The molecule has 0 saturated carbocycles. The Morgan fingerprint density at radius 2 is 2.33 bits per heavy atom. The van der Waals surface area contributed by atoms with Crippen LogP contribution in [0.3, 0.4) is 0 Å². The van der Waals surface area contributed by atoms with Gasteiger partial charge in [-0.2, -0.15) is 0 Å². The first-order chi connectivity index (χ1) is 4.27. The largest absolute Gasteiger partial charge is 0.395 e. The number of allylic oxidation sites excluding steroid dienone is 3. The zero-order chi connectivity index (χ0) is 6.74. The van der Waals surface area contributed by atoms with Crippen molar-refractivity contribution in [2.45, 2.75) is 13.3 Å². The van der Waals surface area contributed by atoms with E-state index in [9.17, 15) is 0 Å². The lowest BCUT2D eigenvalue weighted by Crippen LogP contribution is -2.18. The second-order valence-corrected chi connectivity index (χ2v) is 2.80. The Labute approximate surface area is 55.7 Å². The molecule has 0 heterocycles. The summed E-state index contributed by atoms with van der Waals surface area (Å²) in [4.78, 5) is 0. The predicted octanol–water partition coefficient (Wildman–Crippen LogP) is 1.50. The molecular weight excluding hydrogens is 112 g/mol. The molecule has 1 atom stereocenters. The first-order valence-electron chi connectivity index (χ1n) is 3.22. The van der Waals surface area contributed by atoms with E-state index in [1.165, 1.54) is 0 Å². The summed E-state index contributed by atoms with van der Waals surface area (Å²) in [5.41, 5.74) is 0.00868. The molecule has 0 aromatic rings. The third-order valence-corrected chi connectivity index (χ3v) is 1.69. The third-order valence-electron chi connectivity index (χ3n) is 1.69. The number of rotatable bonds is 1. The van der Waals surface area contributed by atoms with Crippen molar-refractivity contribution >= 4 is 0 Å². The van der Waals surface area contributed by atoms with Crippen LogP contribution in [-0.4, -0.2) is 11.7 Å². The van der Waals surface area contributed by atoms with Gasteiger partial charge in [0.05, 0.1) is 6.61 Å². The third kappa shape index (κ3) is 1.42. The summed E-state index contributed by atoms with van der Waals surface area (Å²) in [6, 6.07) is 0. The highest BCUT2D eigenvalue weighted by Crippen LogP contribution is 2.25. The Hall–Kier alpha value is -0.560. The Balaban J connectivity index is 2.63. The molecule has 0 spiro atoms. The molecule has 9 heavy (non-hydrogen) atoms. The monoisotopic (exact) mass is 124 g/mol. The quantitative estimate of drug-likeness (QED) is 0.561. The molecule has 1 N–H and O–H groups in total. The van der Waals surface area contributed by atoms with E-state index in [0.29, 0.717) is 0 Å².